The number of piperidine rings is 1. The van der Waals surface area contributed by atoms with Crippen LogP contribution in [0.5, 0.6) is 0 Å². The summed E-state index contributed by atoms with van der Waals surface area (Å²) in [6, 6.07) is 20.2. The monoisotopic (exact) mass is 445 g/mol. The van der Waals surface area contributed by atoms with Crippen molar-refractivity contribution in [1.29, 1.82) is 5.41 Å². The first-order valence-corrected chi connectivity index (χ1v) is 11.6. The van der Waals surface area contributed by atoms with Gasteiger partial charge in [0.2, 0.25) is 0 Å². The Morgan fingerprint density at radius 2 is 1.81 bits per heavy atom. The molecule has 0 aliphatic carbocycles. The Kier molecular flexibility index (Phi) is 7.42. The first kappa shape index (κ1) is 21.9. The number of anilines is 1. The molecule has 32 heavy (non-hydrogen) atoms. The van der Waals surface area contributed by atoms with Gasteiger partial charge < -0.3 is 5.32 Å². The van der Waals surface area contributed by atoms with Crippen molar-refractivity contribution in [2.75, 3.05) is 18.4 Å². The third kappa shape index (κ3) is 5.69. The fraction of sp³-hybridized carbons (Fsp3) is 0.240. The summed E-state index contributed by atoms with van der Waals surface area (Å²) in [4.78, 5) is 21.4. The average Bonchev–Trinajstić information content (AvgIpc) is 3.37. The van der Waals surface area contributed by atoms with Gasteiger partial charge in [0.15, 0.2) is 5.01 Å². The summed E-state index contributed by atoms with van der Waals surface area (Å²) in [6.07, 6.45) is 6.65. The zero-order valence-corrected chi connectivity index (χ0v) is 18.7. The van der Waals surface area contributed by atoms with Crippen LogP contribution in [-0.2, 0) is 6.54 Å². The molecule has 0 saturated carbocycles. The van der Waals surface area contributed by atoms with Crippen molar-refractivity contribution in [2.45, 2.75) is 25.4 Å². The van der Waals surface area contributed by atoms with Crippen molar-refractivity contribution in [1.82, 2.24) is 14.8 Å². The van der Waals surface area contributed by atoms with Crippen molar-refractivity contribution < 1.29 is 4.79 Å². The second-order valence-electron chi connectivity index (χ2n) is 7.73. The predicted octanol–water partition coefficient (Wildman–Crippen LogP) is 4.85. The summed E-state index contributed by atoms with van der Waals surface area (Å²) in [6.45, 7) is 2.69. The summed E-state index contributed by atoms with van der Waals surface area (Å²) in [5.74, 6) is -0.0222. The summed E-state index contributed by atoms with van der Waals surface area (Å²) in [5, 5.41) is 14.0. The highest BCUT2D eigenvalue weighted by Crippen LogP contribution is 2.22. The number of thiazole rings is 1. The molecule has 2 aromatic carbocycles. The van der Waals surface area contributed by atoms with Crippen LogP contribution in [0.15, 0.2) is 84.5 Å². The van der Waals surface area contributed by atoms with E-state index < -0.39 is 0 Å². The molecule has 2 N–H and O–H groups in total. The predicted molar refractivity (Wildman–Crippen MR) is 130 cm³/mol. The molecule has 1 aliphatic rings. The number of hydrogen-bond acceptors (Lipinski definition) is 6. The third-order valence-corrected chi connectivity index (χ3v) is 6.29. The lowest BCUT2D eigenvalue weighted by Crippen LogP contribution is -2.49. The lowest BCUT2D eigenvalue weighted by Gasteiger charge is -2.37. The number of carbonyl (C=O) groups is 1. The Bertz CT molecular complexity index is 1030. The second-order valence-corrected chi connectivity index (χ2v) is 8.63. The van der Waals surface area contributed by atoms with Crippen LogP contribution in [0.2, 0.25) is 0 Å². The number of likely N-dealkylation sites (tertiary alicyclic amines) is 1. The molecule has 4 rings (SSSR count). The highest BCUT2D eigenvalue weighted by atomic mass is 32.1. The number of nitrogens with zero attached hydrogens (tertiary/aromatic N) is 3. The summed E-state index contributed by atoms with van der Waals surface area (Å²) >= 11 is 1.31. The van der Waals surface area contributed by atoms with Crippen molar-refractivity contribution >= 4 is 28.8 Å². The Labute approximate surface area is 192 Å². The molecule has 0 unspecified atom stereocenters. The molecule has 6 nitrogen and oxygen atoms in total. The van der Waals surface area contributed by atoms with E-state index >= 15 is 0 Å². The number of hydrogen-bond donors (Lipinski definition) is 2. The summed E-state index contributed by atoms with van der Waals surface area (Å²) in [7, 11) is 0. The number of rotatable bonds is 7. The van der Waals surface area contributed by atoms with Crippen LogP contribution < -0.4 is 5.32 Å². The van der Waals surface area contributed by atoms with Crippen molar-refractivity contribution in [3.8, 4) is 0 Å². The van der Waals surface area contributed by atoms with E-state index in [1.807, 2.05) is 36.4 Å². The van der Waals surface area contributed by atoms with Crippen LogP contribution in [0.25, 0.3) is 0 Å². The molecule has 0 atom stereocenters. The van der Waals surface area contributed by atoms with Crippen LogP contribution in [0, 0.1) is 5.41 Å². The van der Waals surface area contributed by atoms with E-state index in [9.17, 15) is 4.79 Å². The van der Waals surface area contributed by atoms with E-state index in [-0.39, 0.29) is 17.8 Å². The van der Waals surface area contributed by atoms with Gasteiger partial charge in [0.05, 0.1) is 0 Å². The standard InChI is InChI=1S/C25H27N5OS/c26-23(11-14-27-21-9-5-2-6-10-21)30(25(31)24-28-15-18-32-24)22-12-16-29(17-13-22)19-20-7-3-1-4-8-20/h1-11,14-15,18,22,26-27H,12-13,16-17,19H2/b14-11-,26-23?. The van der Waals surface area contributed by atoms with Crippen molar-refractivity contribution in [2.24, 2.45) is 0 Å². The van der Waals surface area contributed by atoms with Gasteiger partial charge in [0.1, 0.15) is 5.84 Å². The van der Waals surface area contributed by atoms with Gasteiger partial charge in [-0.3, -0.25) is 20.0 Å². The number of benzene rings is 2. The van der Waals surface area contributed by atoms with Gasteiger partial charge in [-0.05, 0) is 36.6 Å². The van der Waals surface area contributed by atoms with Gasteiger partial charge in [-0.15, -0.1) is 11.3 Å². The van der Waals surface area contributed by atoms with Crippen LogP contribution in [0.1, 0.15) is 28.2 Å². The lowest BCUT2D eigenvalue weighted by atomic mass is 10.0. The fourth-order valence-corrected chi connectivity index (χ4v) is 4.48. The van der Waals surface area contributed by atoms with Crippen molar-refractivity contribution in [3.05, 3.63) is 95.1 Å². The molecule has 7 heteroatoms. The molecule has 0 spiro atoms. The van der Waals surface area contributed by atoms with E-state index in [0.717, 1.165) is 38.2 Å². The van der Waals surface area contributed by atoms with Gasteiger partial charge in [-0.25, -0.2) is 4.98 Å². The zero-order valence-electron chi connectivity index (χ0n) is 17.9. The number of para-hydroxylation sites is 1. The SMILES string of the molecule is N=C(/C=C\Nc1ccccc1)N(C(=O)c1nccs1)C1CCN(Cc2ccccc2)CC1. The molecule has 2 heterocycles. The van der Waals surface area contributed by atoms with E-state index in [1.54, 1.807) is 28.8 Å². The van der Waals surface area contributed by atoms with Crippen molar-refractivity contribution in [3.63, 3.8) is 0 Å². The molecular formula is C25H27N5OS. The largest absolute Gasteiger partial charge is 0.362 e. The molecule has 1 aromatic heterocycles. The lowest BCUT2D eigenvalue weighted by molar-refractivity contribution is 0.0729. The number of amidine groups is 1. The first-order chi connectivity index (χ1) is 15.7. The Hall–Kier alpha value is -3.29. The maximum atomic E-state index is 13.2. The van der Waals surface area contributed by atoms with Crippen LogP contribution in [-0.4, -0.2) is 45.7 Å². The highest BCUT2D eigenvalue weighted by Gasteiger charge is 2.31. The quantitative estimate of drug-likeness (QED) is 0.403. The van der Waals surface area contributed by atoms with Gasteiger partial charge >= 0.3 is 0 Å². The smallest absolute Gasteiger partial charge is 0.288 e. The number of aromatic nitrogens is 1. The van der Waals surface area contributed by atoms with E-state index in [1.165, 1.54) is 16.9 Å². The number of amides is 1. The zero-order chi connectivity index (χ0) is 22.2. The van der Waals surface area contributed by atoms with Crippen LogP contribution in [0.4, 0.5) is 5.69 Å². The minimum Gasteiger partial charge on any atom is -0.362 e. The molecule has 1 fully saturated rings. The normalized spacial score (nSPS) is 15.0. The molecule has 1 saturated heterocycles. The molecule has 0 radical (unpaired) electrons. The summed E-state index contributed by atoms with van der Waals surface area (Å²) in [5.41, 5.74) is 2.23. The fourth-order valence-electron chi connectivity index (χ4n) is 3.91. The Morgan fingerprint density at radius 3 is 2.47 bits per heavy atom. The van der Waals surface area contributed by atoms with Gasteiger partial charge in [-0.2, -0.15) is 0 Å². The summed E-state index contributed by atoms with van der Waals surface area (Å²) < 4.78 is 0. The molecule has 3 aromatic rings. The molecule has 164 valence electrons. The van der Waals surface area contributed by atoms with Crippen LogP contribution >= 0.6 is 11.3 Å². The Balaban J connectivity index is 1.42. The van der Waals surface area contributed by atoms with E-state index in [2.05, 4.69) is 39.5 Å². The third-order valence-electron chi connectivity index (χ3n) is 5.53. The topological polar surface area (TPSA) is 72.3 Å². The minimum atomic E-state index is -0.198. The van der Waals surface area contributed by atoms with Gasteiger partial charge in [0.25, 0.3) is 5.91 Å². The first-order valence-electron chi connectivity index (χ1n) is 10.8. The molecule has 0 bridgehead atoms. The average molecular weight is 446 g/mol. The molecular weight excluding hydrogens is 418 g/mol. The number of carbonyl (C=O) groups excluding carboxylic acids is 1. The maximum absolute atomic E-state index is 13.2. The highest BCUT2D eigenvalue weighted by molar-refractivity contribution is 7.11. The Morgan fingerprint density at radius 1 is 1.12 bits per heavy atom. The van der Waals surface area contributed by atoms with Crippen LogP contribution in [0.3, 0.4) is 0 Å². The number of nitrogens with one attached hydrogen (secondary N) is 2. The maximum Gasteiger partial charge on any atom is 0.288 e. The van der Waals surface area contributed by atoms with Gasteiger partial charge in [0, 0.05) is 49.1 Å². The molecule has 1 aliphatic heterocycles. The van der Waals surface area contributed by atoms with E-state index in [0.29, 0.717) is 5.01 Å². The minimum absolute atomic E-state index is 0.0210. The molecule has 1 amide bonds. The second kappa shape index (κ2) is 10.8. The van der Waals surface area contributed by atoms with Gasteiger partial charge in [-0.1, -0.05) is 48.5 Å². The van der Waals surface area contributed by atoms with E-state index in [4.69, 9.17) is 5.41 Å².